The summed E-state index contributed by atoms with van der Waals surface area (Å²) in [6.45, 7) is 8.06. The van der Waals surface area contributed by atoms with Gasteiger partial charge in [0, 0.05) is 53.8 Å². The summed E-state index contributed by atoms with van der Waals surface area (Å²) in [5.74, 6) is 2.03. The summed E-state index contributed by atoms with van der Waals surface area (Å²) in [6.07, 6.45) is 5.12. The van der Waals surface area contributed by atoms with Crippen LogP contribution in [0.15, 0.2) is 59.3 Å². The van der Waals surface area contributed by atoms with E-state index in [4.69, 9.17) is 18.9 Å². The lowest BCUT2D eigenvalue weighted by atomic mass is 10.0. The summed E-state index contributed by atoms with van der Waals surface area (Å²) >= 11 is 3.56. The van der Waals surface area contributed by atoms with Gasteiger partial charge in [-0.3, -0.25) is 4.98 Å². The van der Waals surface area contributed by atoms with Crippen molar-refractivity contribution in [2.45, 2.75) is 52.3 Å². The fourth-order valence-electron chi connectivity index (χ4n) is 4.97. The van der Waals surface area contributed by atoms with E-state index in [0.717, 1.165) is 39.7 Å². The van der Waals surface area contributed by atoms with E-state index in [1.165, 1.54) is 0 Å². The summed E-state index contributed by atoms with van der Waals surface area (Å²) in [4.78, 5) is 21.6. The average Bonchev–Trinajstić information content (AvgIpc) is 2.99. The van der Waals surface area contributed by atoms with Crippen LogP contribution in [0.4, 0.5) is 10.5 Å². The predicted octanol–water partition coefficient (Wildman–Crippen LogP) is 7.19. The number of piperidine rings is 1. The number of benzene rings is 2. The number of hydrogen-bond acceptors (Lipinski definition) is 7. The molecule has 1 saturated heterocycles. The standard InChI is InChI=1S/C32H40BrN3O5/c1-21(2)22(3)41-32(37)35-13-11-28(12-14-35)36(27-9-7-26(33)8-10-27)20-23-15-25(19-34-18-23)24-16-29(38-4)31(40-6)30(17-24)39-5/h7-10,15-19,21-22,28H,11-14,20H2,1-6H3. The lowest BCUT2D eigenvalue weighted by molar-refractivity contribution is 0.0450. The zero-order valence-electron chi connectivity index (χ0n) is 24.7. The number of amides is 1. The highest BCUT2D eigenvalue weighted by Crippen LogP contribution is 2.41. The molecular formula is C32H40BrN3O5. The number of aromatic nitrogens is 1. The third kappa shape index (κ3) is 7.44. The maximum Gasteiger partial charge on any atom is 0.410 e. The normalized spacial score (nSPS) is 14.5. The van der Waals surface area contributed by atoms with Crippen LogP contribution >= 0.6 is 15.9 Å². The minimum Gasteiger partial charge on any atom is -0.493 e. The molecule has 0 saturated carbocycles. The molecule has 1 aliphatic heterocycles. The number of carbonyl (C=O) groups is 1. The van der Waals surface area contributed by atoms with Crippen molar-refractivity contribution >= 4 is 27.7 Å². The van der Waals surface area contributed by atoms with Crippen LogP contribution in [0.5, 0.6) is 17.2 Å². The van der Waals surface area contributed by atoms with Crippen molar-refractivity contribution in [2.75, 3.05) is 39.3 Å². The summed E-state index contributed by atoms with van der Waals surface area (Å²) < 4.78 is 23.3. The van der Waals surface area contributed by atoms with Gasteiger partial charge >= 0.3 is 6.09 Å². The Kier molecular flexibility index (Phi) is 10.4. The maximum absolute atomic E-state index is 12.7. The van der Waals surface area contributed by atoms with Gasteiger partial charge in [0.1, 0.15) is 6.10 Å². The third-order valence-electron chi connectivity index (χ3n) is 7.69. The van der Waals surface area contributed by atoms with Crippen molar-refractivity contribution in [2.24, 2.45) is 5.92 Å². The van der Waals surface area contributed by atoms with Crippen molar-refractivity contribution in [1.29, 1.82) is 0 Å². The predicted molar refractivity (Wildman–Crippen MR) is 165 cm³/mol. The highest BCUT2D eigenvalue weighted by atomic mass is 79.9. The van der Waals surface area contributed by atoms with Gasteiger partial charge in [0.05, 0.1) is 21.3 Å². The van der Waals surface area contributed by atoms with Crippen LogP contribution in [0.1, 0.15) is 39.2 Å². The molecule has 2 heterocycles. The topological polar surface area (TPSA) is 73.4 Å². The van der Waals surface area contributed by atoms with Gasteiger partial charge in [0.2, 0.25) is 5.75 Å². The number of methoxy groups -OCH3 is 3. The molecule has 41 heavy (non-hydrogen) atoms. The average molecular weight is 627 g/mol. The number of pyridine rings is 1. The highest BCUT2D eigenvalue weighted by Gasteiger charge is 2.29. The summed E-state index contributed by atoms with van der Waals surface area (Å²) in [6, 6.07) is 14.7. The Labute approximate surface area is 251 Å². The lowest BCUT2D eigenvalue weighted by Gasteiger charge is -2.40. The molecule has 4 rings (SSSR count). The molecule has 0 radical (unpaired) electrons. The van der Waals surface area contributed by atoms with Gasteiger partial charge in [-0.2, -0.15) is 0 Å². The fraction of sp³-hybridized carbons (Fsp3) is 0.438. The summed E-state index contributed by atoms with van der Waals surface area (Å²) in [5.41, 5.74) is 4.08. The van der Waals surface area contributed by atoms with E-state index in [1.54, 1.807) is 21.3 Å². The van der Waals surface area contributed by atoms with Gasteiger partial charge < -0.3 is 28.7 Å². The lowest BCUT2D eigenvalue weighted by Crippen LogP contribution is -2.47. The Morgan fingerprint density at radius 2 is 1.59 bits per heavy atom. The van der Waals surface area contributed by atoms with E-state index >= 15 is 0 Å². The van der Waals surface area contributed by atoms with Gasteiger partial charge in [-0.25, -0.2) is 4.79 Å². The molecule has 0 spiro atoms. The quantitative estimate of drug-likeness (QED) is 0.236. The van der Waals surface area contributed by atoms with Crippen molar-refractivity contribution < 1.29 is 23.7 Å². The van der Waals surface area contributed by atoms with Crippen molar-refractivity contribution in [3.8, 4) is 28.4 Å². The van der Waals surface area contributed by atoms with E-state index in [0.29, 0.717) is 36.9 Å². The largest absolute Gasteiger partial charge is 0.493 e. The number of anilines is 1. The molecule has 0 aliphatic carbocycles. The Morgan fingerprint density at radius 3 is 2.15 bits per heavy atom. The second-order valence-corrected chi connectivity index (χ2v) is 11.6. The summed E-state index contributed by atoms with van der Waals surface area (Å²) in [5, 5.41) is 0. The number of halogens is 1. The van der Waals surface area contributed by atoms with Crippen molar-refractivity contribution in [3.05, 3.63) is 64.9 Å². The first-order valence-corrected chi connectivity index (χ1v) is 14.7. The van der Waals surface area contributed by atoms with Gasteiger partial charge in [0.15, 0.2) is 11.5 Å². The summed E-state index contributed by atoms with van der Waals surface area (Å²) in [7, 11) is 4.82. The van der Waals surface area contributed by atoms with Gasteiger partial charge in [-0.15, -0.1) is 0 Å². The van der Waals surface area contributed by atoms with Gasteiger partial charge in [-0.1, -0.05) is 29.8 Å². The van der Waals surface area contributed by atoms with Gasteiger partial charge in [-0.05, 0) is 79.3 Å². The Bertz CT molecular complexity index is 1280. The highest BCUT2D eigenvalue weighted by molar-refractivity contribution is 9.10. The molecule has 1 amide bonds. The molecule has 1 aromatic heterocycles. The molecule has 1 fully saturated rings. The first-order chi connectivity index (χ1) is 19.7. The molecule has 2 aromatic carbocycles. The molecule has 0 N–H and O–H groups in total. The minimum atomic E-state index is -0.220. The monoisotopic (exact) mass is 625 g/mol. The molecule has 8 nitrogen and oxygen atoms in total. The number of hydrogen-bond donors (Lipinski definition) is 0. The van der Waals surface area contributed by atoms with Crippen LogP contribution in [-0.4, -0.2) is 62.5 Å². The Balaban J connectivity index is 1.57. The first-order valence-electron chi connectivity index (χ1n) is 14.0. The number of ether oxygens (including phenoxy) is 4. The van der Waals surface area contributed by atoms with Gasteiger partial charge in [0.25, 0.3) is 0 Å². The molecule has 220 valence electrons. The van der Waals surface area contributed by atoms with Crippen LogP contribution in [0.3, 0.4) is 0 Å². The molecular weight excluding hydrogens is 586 g/mol. The zero-order chi connectivity index (χ0) is 29.5. The van der Waals surface area contributed by atoms with Crippen molar-refractivity contribution in [1.82, 2.24) is 9.88 Å². The smallest absolute Gasteiger partial charge is 0.410 e. The number of carbonyl (C=O) groups excluding carboxylic acids is 1. The van der Waals surface area contributed by atoms with Crippen LogP contribution in [0.2, 0.25) is 0 Å². The molecule has 3 aromatic rings. The SMILES string of the molecule is COc1cc(-c2cncc(CN(c3ccc(Br)cc3)C3CCN(C(=O)OC(C)C(C)C)CC3)c2)cc(OC)c1OC. The molecule has 9 heteroatoms. The minimum absolute atomic E-state index is 0.107. The van der Waals surface area contributed by atoms with E-state index in [9.17, 15) is 4.79 Å². The number of nitrogens with zero attached hydrogens (tertiary/aromatic N) is 3. The van der Waals surface area contributed by atoms with Crippen LogP contribution in [-0.2, 0) is 11.3 Å². The third-order valence-corrected chi connectivity index (χ3v) is 8.22. The van der Waals surface area contributed by atoms with E-state index in [-0.39, 0.29) is 24.2 Å². The van der Waals surface area contributed by atoms with Crippen LogP contribution in [0, 0.1) is 5.92 Å². The van der Waals surface area contributed by atoms with E-state index < -0.39 is 0 Å². The Morgan fingerprint density at radius 1 is 0.951 bits per heavy atom. The molecule has 1 atom stereocenters. The van der Waals surface area contributed by atoms with Crippen molar-refractivity contribution in [3.63, 3.8) is 0 Å². The molecule has 1 aliphatic rings. The molecule has 1 unspecified atom stereocenters. The van der Waals surface area contributed by atoms with E-state index in [1.807, 2.05) is 36.4 Å². The first kappa shape index (κ1) is 30.5. The zero-order valence-corrected chi connectivity index (χ0v) is 26.3. The Hall–Kier alpha value is -3.46. The fourth-order valence-corrected chi connectivity index (χ4v) is 5.23. The van der Waals surface area contributed by atoms with E-state index in [2.05, 4.69) is 70.0 Å². The second kappa shape index (κ2) is 13.9. The van der Waals surface area contributed by atoms with Crippen LogP contribution in [0.25, 0.3) is 11.1 Å². The second-order valence-electron chi connectivity index (χ2n) is 10.7. The van der Waals surface area contributed by atoms with Crippen LogP contribution < -0.4 is 19.1 Å². The maximum atomic E-state index is 12.7. The molecule has 0 bridgehead atoms. The number of rotatable bonds is 10. The number of likely N-dealkylation sites (tertiary alicyclic amines) is 1.